The van der Waals surface area contributed by atoms with Crippen LogP contribution in [0.4, 0.5) is 11.4 Å². The highest BCUT2D eigenvalue weighted by molar-refractivity contribution is 8.00. The molecule has 1 aromatic heterocycles. The van der Waals surface area contributed by atoms with Crippen molar-refractivity contribution in [2.45, 2.75) is 66.9 Å². The molecule has 7 aromatic rings. The summed E-state index contributed by atoms with van der Waals surface area (Å²) in [6.07, 6.45) is 25.6. The predicted molar refractivity (Wildman–Crippen MR) is 270 cm³/mol. The lowest BCUT2D eigenvalue weighted by atomic mass is 9.87. The SMILES string of the molecule is C=C1CCC(CC2=CC=C(N(c3ccc(C4=C5Oc6ccccc6C5CC=C4)cc3)c3ccc(C4C=CC=CC4)cc3)CC2)Sc2c1ccc1c2c2ccccc2n1-c1ccccc1. The first-order valence-corrected chi connectivity index (χ1v) is 23.9. The van der Waals surface area contributed by atoms with E-state index in [2.05, 4.69) is 216 Å². The first-order chi connectivity index (χ1) is 31.6. The fourth-order valence-electron chi connectivity index (χ4n) is 10.7. The number of para-hydroxylation sites is 3. The molecule has 3 nitrogen and oxygen atoms in total. The third-order valence-corrected chi connectivity index (χ3v) is 15.4. The Hall–Kier alpha value is -6.75. The Morgan fingerprint density at radius 2 is 1.50 bits per heavy atom. The van der Waals surface area contributed by atoms with Gasteiger partial charge in [0.15, 0.2) is 0 Å². The van der Waals surface area contributed by atoms with E-state index in [9.17, 15) is 0 Å². The molecule has 0 radical (unpaired) electrons. The minimum atomic E-state index is 0.279. The second kappa shape index (κ2) is 16.4. The molecule has 0 spiro atoms. The molecule has 0 saturated carbocycles. The first-order valence-electron chi connectivity index (χ1n) is 23.0. The topological polar surface area (TPSA) is 17.4 Å². The zero-order valence-corrected chi connectivity index (χ0v) is 36.8. The van der Waals surface area contributed by atoms with Crippen molar-refractivity contribution in [1.29, 1.82) is 0 Å². The fourth-order valence-corrected chi connectivity index (χ4v) is 12.3. The van der Waals surface area contributed by atoms with Gasteiger partial charge in [0, 0.05) is 66.6 Å². The lowest BCUT2D eigenvalue weighted by Gasteiger charge is -2.31. The second-order valence-electron chi connectivity index (χ2n) is 17.8. The summed E-state index contributed by atoms with van der Waals surface area (Å²) in [5.41, 5.74) is 16.5. The van der Waals surface area contributed by atoms with Crippen LogP contribution in [-0.2, 0) is 0 Å². The summed E-state index contributed by atoms with van der Waals surface area (Å²) in [6.45, 7) is 4.65. The number of thioether (sulfide) groups is 1. The number of anilines is 2. The van der Waals surface area contributed by atoms with E-state index in [0.29, 0.717) is 11.2 Å². The highest BCUT2D eigenvalue weighted by atomic mass is 32.2. The first kappa shape index (κ1) is 38.9. The standard InChI is InChI=1S/C60H50N2OS/c1-40-23-36-49(64-60-50(40)37-38-56-58(60)54-18-8-10-21-55(54)62(56)45-15-6-3-7-16-45)39-41-24-30-46(31-25-41)61(47-32-26-43(27-33-47)42-13-4-2-5-14-42)48-34-28-44(29-35-48)51-19-12-20-53-52-17-9-11-22-57(52)63-59(51)53/h2-13,15-19,21-22,24,26-30,32-35,37-38,42,49,53H,1,14,20,23,25,31,36,39H2. The van der Waals surface area contributed by atoms with E-state index in [-0.39, 0.29) is 5.92 Å². The van der Waals surface area contributed by atoms with Crippen LogP contribution in [0.2, 0.25) is 0 Å². The molecule has 0 amide bonds. The maximum atomic E-state index is 6.52. The van der Waals surface area contributed by atoms with E-state index < -0.39 is 0 Å². The fraction of sp³-hybridized carbons (Fsp3) is 0.167. The number of nitrogens with zero attached hydrogens (tertiary/aromatic N) is 2. The summed E-state index contributed by atoms with van der Waals surface area (Å²) in [5, 5.41) is 3.13. The Labute approximate surface area is 380 Å². The number of allylic oxidation sites excluding steroid dienone is 13. The summed E-state index contributed by atoms with van der Waals surface area (Å²) >= 11 is 2.08. The van der Waals surface area contributed by atoms with Crippen molar-refractivity contribution in [1.82, 2.24) is 4.57 Å². The van der Waals surface area contributed by atoms with E-state index in [1.807, 2.05) is 0 Å². The molecule has 2 aliphatic heterocycles. The third-order valence-electron chi connectivity index (χ3n) is 14.0. The van der Waals surface area contributed by atoms with E-state index in [1.54, 1.807) is 0 Å². The number of benzene rings is 6. The minimum Gasteiger partial charge on any atom is -0.460 e. The minimum absolute atomic E-state index is 0.279. The largest absolute Gasteiger partial charge is 0.460 e. The highest BCUT2D eigenvalue weighted by Gasteiger charge is 2.33. The lowest BCUT2D eigenvalue weighted by molar-refractivity contribution is 0.429. The molecule has 312 valence electrons. The normalized spacial score (nSPS) is 20.1. The summed E-state index contributed by atoms with van der Waals surface area (Å²) in [4.78, 5) is 3.87. The zero-order valence-electron chi connectivity index (χ0n) is 36.0. The molecule has 3 aliphatic carbocycles. The van der Waals surface area contributed by atoms with Gasteiger partial charge >= 0.3 is 0 Å². The van der Waals surface area contributed by atoms with Crippen LogP contribution in [0.5, 0.6) is 5.75 Å². The smallest absolute Gasteiger partial charge is 0.130 e. The van der Waals surface area contributed by atoms with Gasteiger partial charge < -0.3 is 14.2 Å². The molecule has 4 heteroatoms. The molecule has 3 heterocycles. The quantitative estimate of drug-likeness (QED) is 0.152. The van der Waals surface area contributed by atoms with E-state index in [0.717, 1.165) is 56.5 Å². The summed E-state index contributed by atoms with van der Waals surface area (Å²) in [5.74, 6) is 2.76. The number of fused-ring (bicyclic) bond motifs is 8. The van der Waals surface area contributed by atoms with Crippen LogP contribution in [0.3, 0.4) is 0 Å². The van der Waals surface area contributed by atoms with Crippen molar-refractivity contribution in [3.8, 4) is 11.4 Å². The van der Waals surface area contributed by atoms with Crippen LogP contribution in [0.15, 0.2) is 217 Å². The van der Waals surface area contributed by atoms with E-state index in [1.165, 1.54) is 88.4 Å². The van der Waals surface area contributed by atoms with Gasteiger partial charge in [-0.05, 0) is 128 Å². The molecule has 0 N–H and O–H groups in total. The zero-order chi connectivity index (χ0) is 42.6. The van der Waals surface area contributed by atoms with E-state index >= 15 is 0 Å². The molecule has 0 bridgehead atoms. The molecular formula is C60H50N2OS. The van der Waals surface area contributed by atoms with Crippen LogP contribution in [0.1, 0.15) is 79.0 Å². The molecule has 6 aromatic carbocycles. The molecular weight excluding hydrogens is 797 g/mol. The number of ether oxygens (including phenoxy) is 1. The predicted octanol–water partition coefficient (Wildman–Crippen LogP) is 16.3. The van der Waals surface area contributed by atoms with Gasteiger partial charge in [-0.1, -0.05) is 140 Å². The second-order valence-corrected chi connectivity index (χ2v) is 19.1. The number of rotatable bonds is 8. The van der Waals surface area contributed by atoms with Crippen LogP contribution in [0.25, 0.3) is 38.6 Å². The van der Waals surface area contributed by atoms with Crippen LogP contribution < -0.4 is 9.64 Å². The lowest BCUT2D eigenvalue weighted by Crippen LogP contribution is -2.18. The van der Waals surface area contributed by atoms with Crippen LogP contribution in [-0.4, -0.2) is 9.82 Å². The molecule has 0 saturated heterocycles. The highest BCUT2D eigenvalue weighted by Crippen LogP contribution is 2.50. The summed E-state index contributed by atoms with van der Waals surface area (Å²) < 4.78 is 8.95. The Kier molecular flexibility index (Phi) is 9.98. The Morgan fingerprint density at radius 1 is 0.703 bits per heavy atom. The average Bonchev–Trinajstić information content (AvgIpc) is 3.86. The van der Waals surface area contributed by atoms with Crippen molar-refractivity contribution < 1.29 is 4.74 Å². The van der Waals surface area contributed by atoms with Gasteiger partial charge in [0.25, 0.3) is 0 Å². The average molecular weight is 847 g/mol. The van der Waals surface area contributed by atoms with Gasteiger partial charge in [0.05, 0.1) is 11.0 Å². The molecule has 64 heavy (non-hydrogen) atoms. The maximum Gasteiger partial charge on any atom is 0.130 e. The summed E-state index contributed by atoms with van der Waals surface area (Å²) in [7, 11) is 0. The van der Waals surface area contributed by atoms with Crippen molar-refractivity contribution in [2.75, 3.05) is 4.90 Å². The van der Waals surface area contributed by atoms with Gasteiger partial charge in [-0.15, -0.1) is 11.8 Å². The van der Waals surface area contributed by atoms with Gasteiger partial charge in [0.1, 0.15) is 11.5 Å². The van der Waals surface area contributed by atoms with Gasteiger partial charge in [0.2, 0.25) is 0 Å². The number of aromatic nitrogens is 1. The Morgan fingerprint density at radius 3 is 2.31 bits per heavy atom. The van der Waals surface area contributed by atoms with Crippen molar-refractivity contribution in [3.05, 3.63) is 234 Å². The maximum absolute atomic E-state index is 6.52. The Balaban J connectivity index is 0.860. The van der Waals surface area contributed by atoms with Crippen molar-refractivity contribution in [3.63, 3.8) is 0 Å². The monoisotopic (exact) mass is 846 g/mol. The molecule has 5 aliphatic rings. The van der Waals surface area contributed by atoms with E-state index in [4.69, 9.17) is 4.74 Å². The molecule has 3 unspecified atom stereocenters. The van der Waals surface area contributed by atoms with Crippen LogP contribution >= 0.6 is 11.8 Å². The van der Waals surface area contributed by atoms with Gasteiger partial charge in [-0.2, -0.15) is 0 Å². The molecule has 3 atom stereocenters. The van der Waals surface area contributed by atoms with Crippen molar-refractivity contribution >= 4 is 56.1 Å². The van der Waals surface area contributed by atoms with Gasteiger partial charge in [-0.25, -0.2) is 0 Å². The molecule has 0 fully saturated rings. The van der Waals surface area contributed by atoms with Gasteiger partial charge in [-0.3, -0.25) is 0 Å². The number of hydrogen-bond donors (Lipinski definition) is 0. The third kappa shape index (κ3) is 6.92. The Bertz CT molecular complexity index is 3160. The molecule has 12 rings (SSSR count). The summed E-state index contributed by atoms with van der Waals surface area (Å²) in [6, 6.07) is 51.3. The van der Waals surface area contributed by atoms with Crippen LogP contribution in [0, 0.1) is 0 Å². The van der Waals surface area contributed by atoms with Crippen molar-refractivity contribution in [2.24, 2.45) is 0 Å². The number of hydrogen-bond acceptors (Lipinski definition) is 3.